The largest absolute Gasteiger partial charge is 0.354 e. The Bertz CT molecular complexity index is 877. The van der Waals surface area contributed by atoms with Gasteiger partial charge in [0.05, 0.1) is 0 Å². The lowest BCUT2D eigenvalue weighted by atomic mass is 10.1. The van der Waals surface area contributed by atoms with E-state index in [0.717, 1.165) is 32.1 Å². The maximum Gasteiger partial charge on any atom is 0.252 e. The number of rotatable bonds is 14. The van der Waals surface area contributed by atoms with Crippen molar-refractivity contribution in [2.24, 2.45) is 0 Å². The molecule has 188 valence electrons. The van der Waals surface area contributed by atoms with Crippen LogP contribution in [0.15, 0.2) is 49.1 Å². The number of pyridine rings is 2. The van der Waals surface area contributed by atoms with Crippen molar-refractivity contribution in [3.8, 4) is 0 Å². The van der Waals surface area contributed by atoms with Crippen LogP contribution in [0.4, 0.5) is 0 Å². The third-order valence-corrected chi connectivity index (χ3v) is 5.32. The molecule has 0 aliphatic rings. The zero-order chi connectivity index (χ0) is 25.5. The molecular weight excluding hydrogens is 448 g/mol. The van der Waals surface area contributed by atoms with Gasteiger partial charge in [-0.25, -0.2) is 0 Å². The summed E-state index contributed by atoms with van der Waals surface area (Å²) in [5.74, 6) is -1.07. The molecule has 2 aromatic rings. The molecule has 2 rings (SSSR count). The van der Waals surface area contributed by atoms with E-state index in [0.29, 0.717) is 24.2 Å². The van der Waals surface area contributed by atoms with Gasteiger partial charge in [0, 0.05) is 49.0 Å². The van der Waals surface area contributed by atoms with Gasteiger partial charge in [0.2, 0.25) is 11.8 Å². The number of nitrogens with one attached hydrogen (secondary N) is 4. The molecule has 2 aromatic heterocycles. The standard InChI is InChI=1S/C25H34N6O4/c1-18(30-24(34)20-8-14-26-15-9-20)22(32)28-12-6-4-3-5-7-13-29-23(33)19(2)31-25(35)21-10-16-27-17-11-21/h8-11,14-19H,3-7,12-13H2,1-2H3,(H,28,32)(H,29,33)(H,30,34)(H,31,35)/t18-,19-/m0/s1. The first kappa shape index (κ1) is 27.4. The molecule has 10 heteroatoms. The van der Waals surface area contributed by atoms with E-state index in [2.05, 4.69) is 31.2 Å². The first-order chi connectivity index (χ1) is 16.9. The number of carbonyl (C=O) groups is 4. The van der Waals surface area contributed by atoms with Crippen molar-refractivity contribution >= 4 is 23.6 Å². The van der Waals surface area contributed by atoms with Gasteiger partial charge >= 0.3 is 0 Å². The Morgan fingerprint density at radius 3 is 1.34 bits per heavy atom. The quantitative estimate of drug-likeness (QED) is 0.301. The molecule has 0 spiro atoms. The molecule has 2 atom stereocenters. The summed E-state index contributed by atoms with van der Waals surface area (Å²) in [4.78, 5) is 56.2. The molecule has 4 amide bonds. The number of aromatic nitrogens is 2. The Kier molecular flexibility index (Phi) is 11.9. The van der Waals surface area contributed by atoms with Crippen LogP contribution in [-0.2, 0) is 9.59 Å². The average molecular weight is 483 g/mol. The van der Waals surface area contributed by atoms with Crippen LogP contribution >= 0.6 is 0 Å². The summed E-state index contributed by atoms with van der Waals surface area (Å²) < 4.78 is 0. The molecule has 0 bridgehead atoms. The minimum Gasteiger partial charge on any atom is -0.354 e. The van der Waals surface area contributed by atoms with Crippen LogP contribution in [0.1, 0.15) is 66.7 Å². The fourth-order valence-electron chi connectivity index (χ4n) is 3.21. The number of carbonyl (C=O) groups excluding carboxylic acids is 4. The summed E-state index contributed by atoms with van der Waals surface area (Å²) >= 11 is 0. The summed E-state index contributed by atoms with van der Waals surface area (Å²) in [5.41, 5.74) is 0.917. The Hall–Kier alpha value is -3.82. The average Bonchev–Trinajstić information content (AvgIpc) is 2.88. The van der Waals surface area contributed by atoms with E-state index in [9.17, 15) is 19.2 Å². The van der Waals surface area contributed by atoms with E-state index in [4.69, 9.17) is 0 Å². The number of unbranched alkanes of at least 4 members (excludes halogenated alkanes) is 4. The van der Waals surface area contributed by atoms with Gasteiger partial charge in [-0.15, -0.1) is 0 Å². The summed E-state index contributed by atoms with van der Waals surface area (Å²) in [6.07, 6.45) is 10.7. The van der Waals surface area contributed by atoms with Crippen molar-refractivity contribution in [1.29, 1.82) is 0 Å². The Morgan fingerprint density at radius 1 is 0.629 bits per heavy atom. The molecule has 2 heterocycles. The summed E-state index contributed by atoms with van der Waals surface area (Å²) in [5, 5.41) is 11.0. The first-order valence-corrected chi connectivity index (χ1v) is 11.9. The molecule has 0 saturated heterocycles. The normalized spacial score (nSPS) is 12.2. The second-order valence-electron chi connectivity index (χ2n) is 8.21. The molecule has 10 nitrogen and oxygen atoms in total. The number of amides is 4. The highest BCUT2D eigenvalue weighted by molar-refractivity contribution is 5.97. The molecule has 0 aliphatic carbocycles. The van der Waals surface area contributed by atoms with E-state index < -0.39 is 12.1 Å². The Labute approximate surface area is 205 Å². The molecule has 0 aliphatic heterocycles. The predicted octanol–water partition coefficient (Wildman–Crippen LogP) is 1.60. The van der Waals surface area contributed by atoms with Crippen molar-refractivity contribution in [2.45, 2.75) is 58.0 Å². The van der Waals surface area contributed by atoms with Gasteiger partial charge in [-0.3, -0.25) is 29.1 Å². The van der Waals surface area contributed by atoms with E-state index in [-0.39, 0.29) is 23.6 Å². The zero-order valence-electron chi connectivity index (χ0n) is 20.3. The monoisotopic (exact) mass is 482 g/mol. The lowest BCUT2D eigenvalue weighted by Crippen LogP contribution is -2.45. The highest BCUT2D eigenvalue weighted by atomic mass is 16.2. The number of nitrogens with zero attached hydrogens (tertiary/aromatic N) is 2. The second-order valence-corrected chi connectivity index (χ2v) is 8.21. The lowest BCUT2D eigenvalue weighted by Gasteiger charge is -2.14. The van der Waals surface area contributed by atoms with E-state index in [1.165, 1.54) is 24.8 Å². The van der Waals surface area contributed by atoms with Crippen LogP contribution in [0.25, 0.3) is 0 Å². The maximum absolute atomic E-state index is 12.1. The summed E-state index contributed by atoms with van der Waals surface area (Å²) in [6, 6.07) is 5.11. The van der Waals surface area contributed by atoms with E-state index >= 15 is 0 Å². The van der Waals surface area contributed by atoms with Crippen LogP contribution in [-0.4, -0.2) is 58.8 Å². The molecule has 4 N–H and O–H groups in total. The van der Waals surface area contributed by atoms with Crippen LogP contribution in [0, 0.1) is 0 Å². The van der Waals surface area contributed by atoms with Crippen LogP contribution in [0.5, 0.6) is 0 Å². The topological polar surface area (TPSA) is 142 Å². The van der Waals surface area contributed by atoms with Gasteiger partial charge in [-0.2, -0.15) is 0 Å². The Morgan fingerprint density at radius 2 is 0.971 bits per heavy atom. The maximum atomic E-state index is 12.1. The van der Waals surface area contributed by atoms with Crippen molar-refractivity contribution in [3.63, 3.8) is 0 Å². The molecule has 0 radical (unpaired) electrons. The van der Waals surface area contributed by atoms with Crippen LogP contribution in [0.3, 0.4) is 0 Å². The van der Waals surface area contributed by atoms with Gasteiger partial charge in [-0.1, -0.05) is 19.3 Å². The predicted molar refractivity (Wildman–Crippen MR) is 131 cm³/mol. The zero-order valence-corrected chi connectivity index (χ0v) is 20.3. The fourth-order valence-corrected chi connectivity index (χ4v) is 3.21. The third-order valence-electron chi connectivity index (χ3n) is 5.32. The SMILES string of the molecule is C[C@H](NC(=O)c1ccncc1)C(=O)NCCCCCCCNC(=O)[C@H](C)NC(=O)c1ccncc1. The lowest BCUT2D eigenvalue weighted by molar-refractivity contribution is -0.123. The molecule has 0 saturated carbocycles. The highest BCUT2D eigenvalue weighted by Crippen LogP contribution is 2.03. The van der Waals surface area contributed by atoms with Gasteiger partial charge in [0.15, 0.2) is 0 Å². The minimum absolute atomic E-state index is 0.222. The fraction of sp³-hybridized carbons (Fsp3) is 0.440. The van der Waals surface area contributed by atoms with Gasteiger partial charge in [-0.05, 0) is 51.0 Å². The molecular formula is C25H34N6O4. The van der Waals surface area contributed by atoms with Gasteiger partial charge in [0.1, 0.15) is 12.1 Å². The van der Waals surface area contributed by atoms with E-state index in [1.807, 2.05) is 0 Å². The number of hydrogen-bond acceptors (Lipinski definition) is 6. The Balaban J connectivity index is 1.48. The smallest absolute Gasteiger partial charge is 0.252 e. The van der Waals surface area contributed by atoms with Gasteiger partial charge in [0.25, 0.3) is 11.8 Å². The highest BCUT2D eigenvalue weighted by Gasteiger charge is 2.17. The van der Waals surface area contributed by atoms with Crippen molar-refractivity contribution < 1.29 is 19.2 Å². The van der Waals surface area contributed by atoms with Crippen molar-refractivity contribution in [2.75, 3.05) is 13.1 Å². The molecule has 35 heavy (non-hydrogen) atoms. The van der Waals surface area contributed by atoms with Crippen molar-refractivity contribution in [3.05, 3.63) is 60.2 Å². The minimum atomic E-state index is -0.629. The van der Waals surface area contributed by atoms with Crippen LogP contribution in [0.2, 0.25) is 0 Å². The van der Waals surface area contributed by atoms with E-state index in [1.54, 1.807) is 38.1 Å². The van der Waals surface area contributed by atoms with Crippen LogP contribution < -0.4 is 21.3 Å². The third kappa shape index (κ3) is 10.3. The number of hydrogen-bond donors (Lipinski definition) is 4. The first-order valence-electron chi connectivity index (χ1n) is 11.9. The summed E-state index contributed by atoms with van der Waals surface area (Å²) in [6.45, 7) is 4.38. The molecule has 0 unspecified atom stereocenters. The molecule has 0 aromatic carbocycles. The van der Waals surface area contributed by atoms with Crippen molar-refractivity contribution in [1.82, 2.24) is 31.2 Å². The second kappa shape index (κ2) is 15.2. The van der Waals surface area contributed by atoms with Gasteiger partial charge < -0.3 is 21.3 Å². The molecule has 0 fully saturated rings. The summed E-state index contributed by atoms with van der Waals surface area (Å²) in [7, 11) is 0.